The van der Waals surface area contributed by atoms with E-state index in [4.69, 9.17) is 5.73 Å². The van der Waals surface area contributed by atoms with Crippen molar-refractivity contribution in [1.82, 2.24) is 4.90 Å². The highest BCUT2D eigenvalue weighted by Crippen LogP contribution is 2.06. The summed E-state index contributed by atoms with van der Waals surface area (Å²) < 4.78 is 0. The van der Waals surface area contributed by atoms with Gasteiger partial charge in [-0.2, -0.15) is 0 Å². The van der Waals surface area contributed by atoms with Crippen molar-refractivity contribution < 1.29 is 4.79 Å². The summed E-state index contributed by atoms with van der Waals surface area (Å²) in [6, 6.07) is 0. The summed E-state index contributed by atoms with van der Waals surface area (Å²) in [5, 5.41) is 0. The Morgan fingerprint density at radius 3 is 1.94 bits per heavy atom. The molecule has 94 valence electrons. The van der Waals surface area contributed by atoms with Gasteiger partial charge in [0.1, 0.15) is 0 Å². The number of nitrogens with zero attached hydrogens (tertiary/aromatic N) is 1. The average Bonchev–Trinajstić information content (AvgIpc) is 2.27. The second kappa shape index (κ2) is 9.25. The molecule has 0 atom stereocenters. The van der Waals surface area contributed by atoms with E-state index in [9.17, 15) is 4.79 Å². The number of rotatable bonds is 9. The molecule has 0 rings (SSSR count). The van der Waals surface area contributed by atoms with E-state index in [0.29, 0.717) is 6.42 Å². The van der Waals surface area contributed by atoms with Gasteiger partial charge in [0.15, 0.2) is 0 Å². The van der Waals surface area contributed by atoms with Gasteiger partial charge in [-0.15, -0.1) is 0 Å². The number of unbranched alkanes of at least 4 members (excludes halogenated alkanes) is 2. The summed E-state index contributed by atoms with van der Waals surface area (Å²) in [5.74, 6) is -0.291. The van der Waals surface area contributed by atoms with Gasteiger partial charge in [0.2, 0.25) is 5.91 Å². The van der Waals surface area contributed by atoms with Crippen LogP contribution in [0.1, 0.15) is 52.9 Å². The molecule has 2 N–H and O–H groups in total. The van der Waals surface area contributed by atoms with E-state index < -0.39 is 0 Å². The summed E-state index contributed by atoms with van der Waals surface area (Å²) in [6.07, 6.45) is 7.34. The number of carbonyl (C=O) groups excluding carboxylic acids is 1. The van der Waals surface area contributed by atoms with Crippen LogP contribution in [0.25, 0.3) is 0 Å². The highest BCUT2D eigenvalue weighted by Gasteiger charge is 2.05. The maximum atomic E-state index is 11.1. The average molecular weight is 226 g/mol. The van der Waals surface area contributed by atoms with E-state index in [2.05, 4.69) is 18.7 Å². The molecule has 0 radical (unpaired) electrons. The Labute approximate surface area is 99.7 Å². The highest BCUT2D eigenvalue weighted by molar-refractivity contribution is 5.91. The van der Waals surface area contributed by atoms with Gasteiger partial charge in [-0.25, -0.2) is 0 Å². The topological polar surface area (TPSA) is 46.3 Å². The maximum absolute atomic E-state index is 11.1. The molecule has 0 aromatic rings. The molecule has 0 unspecified atom stereocenters. The lowest BCUT2D eigenvalue weighted by molar-refractivity contribution is -0.114. The zero-order valence-electron chi connectivity index (χ0n) is 11.0. The zero-order valence-corrected chi connectivity index (χ0v) is 11.0. The van der Waals surface area contributed by atoms with Crippen molar-refractivity contribution in [3.63, 3.8) is 0 Å². The van der Waals surface area contributed by atoms with Crippen LogP contribution in [0.2, 0.25) is 0 Å². The smallest absolute Gasteiger partial charge is 0.246 e. The molecule has 0 aliphatic heterocycles. The van der Waals surface area contributed by atoms with Gasteiger partial charge >= 0.3 is 0 Å². The first-order chi connectivity index (χ1) is 7.65. The van der Waals surface area contributed by atoms with E-state index in [1.165, 1.54) is 12.8 Å². The Balaban J connectivity index is 4.40. The molecule has 0 saturated heterocycles. The van der Waals surface area contributed by atoms with Crippen molar-refractivity contribution in [1.29, 1.82) is 0 Å². The first-order valence-corrected chi connectivity index (χ1v) is 6.40. The molecule has 0 saturated carbocycles. The Morgan fingerprint density at radius 1 is 1.12 bits per heavy atom. The number of carbonyl (C=O) groups is 1. The molecule has 16 heavy (non-hydrogen) atoms. The maximum Gasteiger partial charge on any atom is 0.246 e. The van der Waals surface area contributed by atoms with Crippen LogP contribution >= 0.6 is 0 Å². The largest absolute Gasteiger partial charge is 0.377 e. The van der Waals surface area contributed by atoms with Gasteiger partial charge in [-0.1, -0.05) is 33.6 Å². The monoisotopic (exact) mass is 226 g/mol. The molecule has 0 fully saturated rings. The standard InChI is InChI=1S/C13H26N2O/c1-4-7-9-15(10-8-5-2)11-12(6-3)13(14)16/h11H,4-10H2,1-3H3,(H2,14,16). The molecular formula is C13H26N2O. The quantitative estimate of drug-likeness (QED) is 0.614. The van der Waals surface area contributed by atoms with Crippen LogP contribution in [0, 0.1) is 0 Å². The van der Waals surface area contributed by atoms with E-state index in [1.807, 2.05) is 13.1 Å². The van der Waals surface area contributed by atoms with Gasteiger partial charge in [-0.05, 0) is 19.3 Å². The van der Waals surface area contributed by atoms with Gasteiger partial charge in [0.25, 0.3) is 0 Å². The van der Waals surface area contributed by atoms with E-state index in [1.54, 1.807) is 0 Å². The first kappa shape index (κ1) is 15.0. The van der Waals surface area contributed by atoms with Crippen molar-refractivity contribution >= 4 is 5.91 Å². The van der Waals surface area contributed by atoms with Crippen LogP contribution in [0.5, 0.6) is 0 Å². The lowest BCUT2D eigenvalue weighted by Gasteiger charge is -2.21. The lowest BCUT2D eigenvalue weighted by Crippen LogP contribution is -2.23. The number of nitrogens with two attached hydrogens (primary N) is 1. The van der Waals surface area contributed by atoms with E-state index in [0.717, 1.165) is 31.5 Å². The fourth-order valence-corrected chi connectivity index (χ4v) is 1.51. The molecule has 1 amide bonds. The number of hydrogen-bond acceptors (Lipinski definition) is 2. The highest BCUT2D eigenvalue weighted by atomic mass is 16.1. The van der Waals surface area contributed by atoms with Gasteiger partial charge in [-0.3, -0.25) is 4.79 Å². The molecule has 3 heteroatoms. The van der Waals surface area contributed by atoms with E-state index in [-0.39, 0.29) is 5.91 Å². The normalized spacial score (nSPS) is 11.6. The van der Waals surface area contributed by atoms with Crippen LogP contribution < -0.4 is 5.73 Å². The van der Waals surface area contributed by atoms with Gasteiger partial charge < -0.3 is 10.6 Å². The van der Waals surface area contributed by atoms with Gasteiger partial charge in [0, 0.05) is 24.9 Å². The van der Waals surface area contributed by atoms with Crippen LogP contribution in [-0.2, 0) is 4.79 Å². The van der Waals surface area contributed by atoms with Crippen LogP contribution in [0.3, 0.4) is 0 Å². The molecule has 0 aliphatic rings. The molecule has 0 bridgehead atoms. The van der Waals surface area contributed by atoms with Crippen LogP contribution in [0.4, 0.5) is 0 Å². The Kier molecular flexibility index (Phi) is 8.68. The van der Waals surface area contributed by atoms with Crippen molar-refractivity contribution in [3.05, 3.63) is 11.8 Å². The Hall–Kier alpha value is -0.990. The summed E-state index contributed by atoms with van der Waals surface area (Å²) in [4.78, 5) is 13.4. The Morgan fingerprint density at radius 2 is 1.62 bits per heavy atom. The number of amides is 1. The molecule has 0 aromatic heterocycles. The number of hydrogen-bond donors (Lipinski definition) is 1. The third-order valence-corrected chi connectivity index (χ3v) is 2.63. The fourth-order valence-electron chi connectivity index (χ4n) is 1.51. The zero-order chi connectivity index (χ0) is 12.4. The van der Waals surface area contributed by atoms with Crippen LogP contribution in [-0.4, -0.2) is 23.9 Å². The third-order valence-electron chi connectivity index (χ3n) is 2.63. The summed E-state index contributed by atoms with van der Waals surface area (Å²) in [6.45, 7) is 8.36. The van der Waals surface area contributed by atoms with E-state index >= 15 is 0 Å². The summed E-state index contributed by atoms with van der Waals surface area (Å²) in [7, 11) is 0. The number of primary amides is 1. The predicted molar refractivity (Wildman–Crippen MR) is 69.0 cm³/mol. The molecule has 3 nitrogen and oxygen atoms in total. The molecule has 0 heterocycles. The SMILES string of the molecule is CCCCN(C=C(CC)C(N)=O)CCCC. The molecule has 0 spiro atoms. The van der Waals surface area contributed by atoms with Crippen molar-refractivity contribution in [2.24, 2.45) is 5.73 Å². The minimum atomic E-state index is -0.291. The third kappa shape index (κ3) is 6.49. The molecular weight excluding hydrogens is 200 g/mol. The van der Waals surface area contributed by atoms with Crippen molar-refractivity contribution in [2.75, 3.05) is 13.1 Å². The minimum Gasteiger partial charge on any atom is -0.377 e. The molecule has 0 aliphatic carbocycles. The second-order valence-electron chi connectivity index (χ2n) is 4.12. The van der Waals surface area contributed by atoms with Crippen LogP contribution in [0.15, 0.2) is 11.8 Å². The first-order valence-electron chi connectivity index (χ1n) is 6.40. The Bertz CT molecular complexity index is 216. The van der Waals surface area contributed by atoms with Crippen molar-refractivity contribution in [3.8, 4) is 0 Å². The predicted octanol–water partition coefficient (Wildman–Crippen LogP) is 2.67. The lowest BCUT2D eigenvalue weighted by atomic mass is 10.2. The van der Waals surface area contributed by atoms with Crippen molar-refractivity contribution in [2.45, 2.75) is 52.9 Å². The van der Waals surface area contributed by atoms with Gasteiger partial charge in [0.05, 0.1) is 0 Å². The summed E-state index contributed by atoms with van der Waals surface area (Å²) in [5.41, 5.74) is 6.05. The fraction of sp³-hybridized carbons (Fsp3) is 0.769. The molecule has 0 aromatic carbocycles. The minimum absolute atomic E-state index is 0.291. The second-order valence-corrected chi connectivity index (χ2v) is 4.12. The summed E-state index contributed by atoms with van der Waals surface area (Å²) >= 11 is 0.